The van der Waals surface area contributed by atoms with Crippen molar-refractivity contribution in [3.63, 3.8) is 0 Å². The maximum Gasteiger partial charge on any atom is 0.421 e. The molecule has 1 saturated carbocycles. The lowest BCUT2D eigenvalue weighted by Crippen LogP contribution is -2.39. The highest BCUT2D eigenvalue weighted by atomic mass is 35.5. The molecule has 1 aliphatic carbocycles. The van der Waals surface area contributed by atoms with E-state index < -0.39 is 17.6 Å². The zero-order chi connectivity index (χ0) is 16.0. The van der Waals surface area contributed by atoms with Crippen molar-refractivity contribution in [2.24, 2.45) is 10.9 Å². The van der Waals surface area contributed by atoms with E-state index in [0.29, 0.717) is 6.21 Å². The molecule has 116 valence electrons. The lowest BCUT2D eigenvalue weighted by atomic mass is 9.87. The first kappa shape index (κ1) is 15.1. The van der Waals surface area contributed by atoms with Gasteiger partial charge in [-0.3, -0.25) is 9.79 Å². The first-order valence-electron chi connectivity index (χ1n) is 6.74. The number of alkyl halides is 3. The predicted molar refractivity (Wildman–Crippen MR) is 78.2 cm³/mol. The summed E-state index contributed by atoms with van der Waals surface area (Å²) >= 11 is 5.86. The number of anilines is 1. The highest BCUT2D eigenvalue weighted by molar-refractivity contribution is 6.33. The van der Waals surface area contributed by atoms with Crippen LogP contribution >= 0.6 is 11.6 Å². The number of amides is 1. The van der Waals surface area contributed by atoms with E-state index >= 15 is 0 Å². The molecule has 1 unspecified atom stereocenters. The number of hydrogen-bond acceptors (Lipinski definition) is 2. The Kier molecular flexibility index (Phi) is 3.51. The minimum Gasteiger partial charge on any atom is -0.321 e. The number of hydrogen-bond donors (Lipinski definition) is 1. The Labute approximate surface area is 129 Å². The van der Waals surface area contributed by atoms with Crippen LogP contribution < -0.4 is 5.32 Å². The van der Waals surface area contributed by atoms with Gasteiger partial charge in [0.05, 0.1) is 6.21 Å². The Morgan fingerprint density at radius 2 is 2.09 bits per heavy atom. The van der Waals surface area contributed by atoms with E-state index in [1.165, 1.54) is 24.3 Å². The van der Waals surface area contributed by atoms with Crippen molar-refractivity contribution in [1.82, 2.24) is 0 Å². The predicted octanol–water partition coefficient (Wildman–Crippen LogP) is 4.09. The van der Waals surface area contributed by atoms with Crippen LogP contribution in [0, 0.1) is 5.92 Å². The summed E-state index contributed by atoms with van der Waals surface area (Å²) in [6.45, 7) is 0. The number of carbonyl (C=O) groups excluding carboxylic acids is 1. The van der Waals surface area contributed by atoms with Gasteiger partial charge in [-0.05, 0) is 43.0 Å². The average Bonchev–Trinajstić information content (AvgIpc) is 3.24. The zero-order valence-corrected chi connectivity index (χ0v) is 12.1. The molecule has 0 saturated heterocycles. The maximum absolute atomic E-state index is 13.8. The standard InChI is InChI=1S/C15H12ClF3N2O/c16-10-3-4-12-11(7-10)14(15(17,18)19,6-5-9-1-2-9)20-8-13(22)21-12/h3-9H,1-2H2,(H,21,22). The molecule has 1 amide bonds. The number of halogens is 4. The second-order valence-electron chi connectivity index (χ2n) is 5.40. The van der Waals surface area contributed by atoms with E-state index in [1.807, 2.05) is 0 Å². The van der Waals surface area contributed by atoms with E-state index in [4.69, 9.17) is 11.6 Å². The number of rotatable bonds is 2. The van der Waals surface area contributed by atoms with Crippen LogP contribution in [0.25, 0.3) is 0 Å². The van der Waals surface area contributed by atoms with Crippen LogP contribution in [0.15, 0.2) is 35.3 Å². The molecule has 22 heavy (non-hydrogen) atoms. The number of carbonyl (C=O) groups is 1. The lowest BCUT2D eigenvalue weighted by molar-refractivity contribution is -0.173. The Balaban J connectivity index is 2.24. The third-order valence-corrected chi connectivity index (χ3v) is 3.93. The van der Waals surface area contributed by atoms with Crippen LogP contribution in [0.1, 0.15) is 18.4 Å². The van der Waals surface area contributed by atoms with Gasteiger partial charge in [-0.1, -0.05) is 17.7 Å². The molecular formula is C15H12ClF3N2O. The number of fused-ring (bicyclic) bond motifs is 1. The fourth-order valence-electron chi connectivity index (χ4n) is 2.35. The average molecular weight is 329 g/mol. The van der Waals surface area contributed by atoms with Crippen LogP contribution in [0.5, 0.6) is 0 Å². The van der Waals surface area contributed by atoms with Gasteiger partial charge >= 0.3 is 6.18 Å². The Morgan fingerprint density at radius 1 is 1.36 bits per heavy atom. The van der Waals surface area contributed by atoms with Crippen molar-refractivity contribution in [3.8, 4) is 0 Å². The fraction of sp³-hybridized carbons (Fsp3) is 0.333. The van der Waals surface area contributed by atoms with Gasteiger partial charge in [0.2, 0.25) is 5.54 Å². The topological polar surface area (TPSA) is 41.5 Å². The van der Waals surface area contributed by atoms with Crippen molar-refractivity contribution in [1.29, 1.82) is 0 Å². The smallest absolute Gasteiger partial charge is 0.321 e. The van der Waals surface area contributed by atoms with Gasteiger partial charge < -0.3 is 5.32 Å². The summed E-state index contributed by atoms with van der Waals surface area (Å²) < 4.78 is 41.5. The van der Waals surface area contributed by atoms with Crippen molar-refractivity contribution >= 4 is 29.4 Å². The maximum atomic E-state index is 13.8. The minimum absolute atomic E-state index is 0.0599. The summed E-state index contributed by atoms with van der Waals surface area (Å²) in [5, 5.41) is 2.55. The number of benzene rings is 1. The molecule has 1 N–H and O–H groups in total. The molecule has 7 heteroatoms. The highest BCUT2D eigenvalue weighted by Crippen LogP contribution is 2.48. The Bertz CT molecular complexity index is 680. The molecule has 3 nitrogen and oxygen atoms in total. The van der Waals surface area contributed by atoms with Gasteiger partial charge in [0.15, 0.2) is 0 Å². The molecule has 0 bridgehead atoms. The number of allylic oxidation sites excluding steroid dienone is 1. The molecule has 1 aromatic rings. The Morgan fingerprint density at radius 3 is 2.73 bits per heavy atom. The quantitative estimate of drug-likeness (QED) is 0.816. The van der Waals surface area contributed by atoms with Gasteiger partial charge in [-0.25, -0.2) is 0 Å². The van der Waals surface area contributed by atoms with E-state index in [2.05, 4.69) is 10.3 Å². The van der Waals surface area contributed by atoms with Crippen molar-refractivity contribution in [3.05, 3.63) is 40.9 Å². The fourth-order valence-corrected chi connectivity index (χ4v) is 2.53. The molecule has 1 aliphatic heterocycles. The second kappa shape index (κ2) is 5.12. The highest BCUT2D eigenvalue weighted by Gasteiger charge is 2.56. The van der Waals surface area contributed by atoms with Crippen LogP contribution in [0.2, 0.25) is 5.02 Å². The molecule has 1 fully saturated rings. The third kappa shape index (κ3) is 2.63. The molecule has 1 atom stereocenters. The molecule has 2 aliphatic rings. The first-order valence-corrected chi connectivity index (χ1v) is 7.12. The van der Waals surface area contributed by atoms with E-state index in [-0.39, 0.29) is 22.2 Å². The summed E-state index contributed by atoms with van der Waals surface area (Å²) in [6, 6.07) is 3.98. The van der Waals surface area contributed by atoms with E-state index in [0.717, 1.165) is 18.9 Å². The van der Waals surface area contributed by atoms with E-state index in [9.17, 15) is 18.0 Å². The molecule has 1 aromatic carbocycles. The van der Waals surface area contributed by atoms with Crippen molar-refractivity contribution in [2.45, 2.75) is 24.6 Å². The Hall–Kier alpha value is -1.82. The molecule has 3 rings (SSSR count). The minimum atomic E-state index is -4.69. The zero-order valence-electron chi connectivity index (χ0n) is 11.3. The number of nitrogens with one attached hydrogen (secondary N) is 1. The van der Waals surface area contributed by atoms with Gasteiger partial charge in [0.25, 0.3) is 5.91 Å². The van der Waals surface area contributed by atoms with Crippen molar-refractivity contribution in [2.75, 3.05) is 5.32 Å². The van der Waals surface area contributed by atoms with Gasteiger partial charge in [-0.15, -0.1) is 0 Å². The number of nitrogens with zero attached hydrogens (tertiary/aromatic N) is 1. The monoisotopic (exact) mass is 328 g/mol. The number of aliphatic imine (C=N–C) groups is 1. The van der Waals surface area contributed by atoms with Crippen LogP contribution in [-0.2, 0) is 10.3 Å². The van der Waals surface area contributed by atoms with Crippen molar-refractivity contribution < 1.29 is 18.0 Å². The largest absolute Gasteiger partial charge is 0.421 e. The molecule has 0 radical (unpaired) electrons. The molecule has 0 aromatic heterocycles. The van der Waals surface area contributed by atoms with E-state index in [1.54, 1.807) is 0 Å². The SMILES string of the molecule is O=C1C=NC(C=CC2CC2)(C(F)(F)F)c2cc(Cl)ccc2N1. The van der Waals surface area contributed by atoms with Gasteiger partial charge in [-0.2, -0.15) is 13.2 Å². The second-order valence-corrected chi connectivity index (χ2v) is 5.83. The first-order chi connectivity index (χ1) is 10.3. The molecular weight excluding hydrogens is 317 g/mol. The van der Waals surface area contributed by atoms with Gasteiger partial charge in [0.1, 0.15) is 0 Å². The molecule has 0 spiro atoms. The normalized spacial score (nSPS) is 25.0. The summed E-state index contributed by atoms with van der Waals surface area (Å²) in [5.74, 6) is -0.557. The summed E-state index contributed by atoms with van der Waals surface area (Å²) in [7, 11) is 0. The van der Waals surface area contributed by atoms with Crippen LogP contribution in [0.3, 0.4) is 0 Å². The van der Waals surface area contributed by atoms with Crippen LogP contribution in [0.4, 0.5) is 18.9 Å². The molecule has 1 heterocycles. The summed E-state index contributed by atoms with van der Waals surface area (Å²) in [4.78, 5) is 15.2. The van der Waals surface area contributed by atoms with Crippen LogP contribution in [-0.4, -0.2) is 18.3 Å². The summed E-state index contributed by atoms with van der Waals surface area (Å²) in [6.07, 6.45) is 0.280. The third-order valence-electron chi connectivity index (χ3n) is 3.70. The lowest BCUT2D eigenvalue weighted by Gasteiger charge is -2.30. The summed E-state index contributed by atoms with van der Waals surface area (Å²) in [5.41, 5.74) is -2.72. The van der Waals surface area contributed by atoms with Gasteiger partial charge in [0, 0.05) is 16.3 Å².